The van der Waals surface area contributed by atoms with Crippen molar-refractivity contribution >= 4 is 5.97 Å². The molecule has 0 heterocycles. The molecule has 0 amide bonds. The number of carbonyl (C=O) groups is 1. The third kappa shape index (κ3) is 4.44. The maximum atomic E-state index is 11.7. The summed E-state index contributed by atoms with van der Waals surface area (Å²) in [7, 11) is 1.49. The highest BCUT2D eigenvalue weighted by molar-refractivity contribution is 5.92. The number of para-hydroxylation sites is 1. The van der Waals surface area contributed by atoms with E-state index in [4.69, 9.17) is 9.62 Å². The molecular weight excluding hydrogens is 220 g/mol. The summed E-state index contributed by atoms with van der Waals surface area (Å²) in [5.74, 6) is -0.125. The van der Waals surface area contributed by atoms with Gasteiger partial charge in [-0.25, -0.2) is 4.79 Å². The predicted molar refractivity (Wildman–Crippen MR) is 63.2 cm³/mol. The Morgan fingerprint density at radius 1 is 1.24 bits per heavy atom. The van der Waals surface area contributed by atoms with Crippen molar-refractivity contribution < 1.29 is 19.3 Å². The maximum absolute atomic E-state index is 11.7. The van der Waals surface area contributed by atoms with Gasteiger partial charge < -0.3 is 4.74 Å². The summed E-state index contributed by atoms with van der Waals surface area (Å²) in [4.78, 5) is 21.1. The SMILES string of the molecule is COc1ccccc1C(=O)OO[CH]C(C)(C)C. The molecular formula is C13H17O4. The van der Waals surface area contributed by atoms with E-state index in [2.05, 4.69) is 4.89 Å². The summed E-state index contributed by atoms with van der Waals surface area (Å²) >= 11 is 0. The van der Waals surface area contributed by atoms with Gasteiger partial charge in [0, 0.05) is 0 Å². The Labute approximate surface area is 101 Å². The van der Waals surface area contributed by atoms with Crippen molar-refractivity contribution in [3.63, 3.8) is 0 Å². The minimum absolute atomic E-state index is 0.180. The van der Waals surface area contributed by atoms with Gasteiger partial charge in [-0.3, -0.25) is 4.89 Å². The van der Waals surface area contributed by atoms with Crippen LogP contribution in [-0.4, -0.2) is 13.1 Å². The zero-order chi connectivity index (χ0) is 12.9. The molecule has 0 atom stereocenters. The van der Waals surface area contributed by atoms with Crippen molar-refractivity contribution in [2.24, 2.45) is 5.41 Å². The lowest BCUT2D eigenvalue weighted by Gasteiger charge is -2.15. The Morgan fingerprint density at radius 2 is 1.88 bits per heavy atom. The number of hydrogen-bond acceptors (Lipinski definition) is 4. The number of hydrogen-bond donors (Lipinski definition) is 0. The lowest BCUT2D eigenvalue weighted by atomic mass is 9.99. The smallest absolute Gasteiger partial charge is 0.376 e. The molecule has 0 unspecified atom stereocenters. The summed E-state index contributed by atoms with van der Waals surface area (Å²) in [5, 5.41) is 0. The summed E-state index contributed by atoms with van der Waals surface area (Å²) in [6.07, 6.45) is 0. The zero-order valence-corrected chi connectivity index (χ0v) is 10.5. The van der Waals surface area contributed by atoms with E-state index in [-0.39, 0.29) is 5.41 Å². The van der Waals surface area contributed by atoms with E-state index in [1.54, 1.807) is 24.3 Å². The van der Waals surface area contributed by atoms with E-state index in [1.807, 2.05) is 20.8 Å². The van der Waals surface area contributed by atoms with Gasteiger partial charge in [0.25, 0.3) is 0 Å². The van der Waals surface area contributed by atoms with Gasteiger partial charge >= 0.3 is 5.97 Å². The highest BCUT2D eigenvalue weighted by atomic mass is 17.2. The average molecular weight is 237 g/mol. The topological polar surface area (TPSA) is 44.8 Å². The van der Waals surface area contributed by atoms with Gasteiger partial charge in [0.05, 0.1) is 7.11 Å². The molecule has 93 valence electrons. The van der Waals surface area contributed by atoms with E-state index in [0.717, 1.165) is 0 Å². The molecule has 0 spiro atoms. The van der Waals surface area contributed by atoms with Crippen molar-refractivity contribution in [1.29, 1.82) is 0 Å². The summed E-state index contributed by atoms with van der Waals surface area (Å²) in [5.41, 5.74) is 0.151. The Bertz CT molecular complexity index is 379. The van der Waals surface area contributed by atoms with E-state index in [1.165, 1.54) is 13.7 Å². The van der Waals surface area contributed by atoms with Crippen LogP contribution in [0.4, 0.5) is 0 Å². The van der Waals surface area contributed by atoms with Crippen LogP contribution in [0.15, 0.2) is 24.3 Å². The molecule has 17 heavy (non-hydrogen) atoms. The summed E-state index contributed by atoms with van der Waals surface area (Å²) in [6.45, 7) is 7.26. The number of rotatable bonds is 4. The van der Waals surface area contributed by atoms with Gasteiger partial charge in [0.2, 0.25) is 0 Å². The fourth-order valence-electron chi connectivity index (χ4n) is 1.07. The highest BCUT2D eigenvalue weighted by Crippen LogP contribution is 2.21. The van der Waals surface area contributed by atoms with Crippen molar-refractivity contribution in [3.8, 4) is 5.75 Å². The highest BCUT2D eigenvalue weighted by Gasteiger charge is 2.17. The fraction of sp³-hybridized carbons (Fsp3) is 0.385. The second-order valence-electron chi connectivity index (χ2n) is 4.65. The third-order valence-corrected chi connectivity index (χ3v) is 1.85. The number of methoxy groups -OCH3 is 1. The van der Waals surface area contributed by atoms with Crippen LogP contribution in [0.3, 0.4) is 0 Å². The molecule has 1 aromatic rings. The molecule has 4 nitrogen and oxygen atoms in total. The second kappa shape index (κ2) is 5.68. The molecule has 0 bridgehead atoms. The van der Waals surface area contributed by atoms with Gasteiger partial charge in [-0.05, 0) is 17.5 Å². The van der Waals surface area contributed by atoms with Crippen LogP contribution >= 0.6 is 0 Å². The van der Waals surface area contributed by atoms with Crippen LogP contribution < -0.4 is 4.74 Å². The third-order valence-electron chi connectivity index (χ3n) is 1.85. The van der Waals surface area contributed by atoms with Crippen LogP contribution in [0.1, 0.15) is 31.1 Å². The van der Waals surface area contributed by atoms with Crippen molar-refractivity contribution in [2.45, 2.75) is 20.8 Å². The van der Waals surface area contributed by atoms with Crippen LogP contribution in [0.5, 0.6) is 5.75 Å². The fourth-order valence-corrected chi connectivity index (χ4v) is 1.07. The quantitative estimate of drug-likeness (QED) is 0.596. The Balaban J connectivity index is 2.58. The Kier molecular flexibility index (Phi) is 4.52. The number of benzene rings is 1. The standard InChI is InChI=1S/C13H17O4/c1-13(2,3)9-16-17-12(14)10-7-5-6-8-11(10)15-4/h5-9H,1-4H3. The van der Waals surface area contributed by atoms with E-state index in [0.29, 0.717) is 11.3 Å². The molecule has 0 saturated carbocycles. The van der Waals surface area contributed by atoms with Crippen molar-refractivity contribution in [2.75, 3.05) is 7.11 Å². The number of carbonyl (C=O) groups excluding carboxylic acids is 1. The zero-order valence-electron chi connectivity index (χ0n) is 10.5. The van der Waals surface area contributed by atoms with Gasteiger partial charge in [0.1, 0.15) is 17.9 Å². The lowest BCUT2D eigenvalue weighted by Crippen LogP contribution is -2.12. The molecule has 0 N–H and O–H groups in total. The van der Waals surface area contributed by atoms with Crippen LogP contribution in [-0.2, 0) is 9.78 Å². The first-order valence-electron chi connectivity index (χ1n) is 5.29. The summed E-state index contributed by atoms with van der Waals surface area (Å²) in [6, 6.07) is 6.80. The molecule has 1 radical (unpaired) electrons. The van der Waals surface area contributed by atoms with Crippen molar-refractivity contribution in [1.82, 2.24) is 0 Å². The second-order valence-corrected chi connectivity index (χ2v) is 4.65. The minimum Gasteiger partial charge on any atom is -0.496 e. The van der Waals surface area contributed by atoms with Gasteiger partial charge in [0.15, 0.2) is 0 Å². The van der Waals surface area contributed by atoms with Gasteiger partial charge in [-0.2, -0.15) is 4.89 Å². The first-order valence-corrected chi connectivity index (χ1v) is 5.29. The molecule has 0 fully saturated rings. The first kappa shape index (κ1) is 13.5. The van der Waals surface area contributed by atoms with Crippen LogP contribution in [0, 0.1) is 12.0 Å². The Morgan fingerprint density at radius 3 is 2.47 bits per heavy atom. The average Bonchev–Trinajstić information content (AvgIpc) is 2.27. The largest absolute Gasteiger partial charge is 0.496 e. The molecule has 0 aliphatic heterocycles. The molecule has 0 aliphatic rings. The molecule has 0 aliphatic carbocycles. The van der Waals surface area contributed by atoms with E-state index in [9.17, 15) is 4.79 Å². The molecule has 4 heteroatoms. The predicted octanol–water partition coefficient (Wildman–Crippen LogP) is 2.99. The normalized spacial score (nSPS) is 11.1. The number of ether oxygens (including phenoxy) is 1. The molecule has 1 rings (SSSR count). The monoisotopic (exact) mass is 237 g/mol. The molecule has 0 aromatic heterocycles. The van der Waals surface area contributed by atoms with Crippen molar-refractivity contribution in [3.05, 3.63) is 36.4 Å². The van der Waals surface area contributed by atoms with Crippen LogP contribution in [0.25, 0.3) is 0 Å². The first-order chi connectivity index (χ1) is 7.94. The van der Waals surface area contributed by atoms with E-state index >= 15 is 0 Å². The molecule has 1 aromatic carbocycles. The van der Waals surface area contributed by atoms with E-state index < -0.39 is 5.97 Å². The summed E-state index contributed by atoms with van der Waals surface area (Å²) < 4.78 is 5.05. The maximum Gasteiger partial charge on any atom is 0.376 e. The lowest BCUT2D eigenvalue weighted by molar-refractivity contribution is -0.224. The molecule has 0 saturated heterocycles. The van der Waals surface area contributed by atoms with Gasteiger partial charge in [-0.1, -0.05) is 32.9 Å². The van der Waals surface area contributed by atoms with Gasteiger partial charge in [-0.15, -0.1) is 0 Å². The van der Waals surface area contributed by atoms with Crippen LogP contribution in [0.2, 0.25) is 0 Å². The minimum atomic E-state index is -0.581. The Hall–Kier alpha value is -1.55.